The average molecular weight is 913 g/mol. The van der Waals surface area contributed by atoms with Crippen molar-refractivity contribution in [2.75, 3.05) is 32.5 Å². The molecule has 3 fully saturated rings. The van der Waals surface area contributed by atoms with Gasteiger partial charge < -0.3 is 0 Å². The molecule has 7 aliphatic rings. The Hall–Kier alpha value is -7.71. The van der Waals surface area contributed by atoms with Crippen molar-refractivity contribution in [1.82, 2.24) is 9.80 Å². The highest BCUT2D eigenvalue weighted by atomic mass is 32.2. The second-order valence-electron chi connectivity index (χ2n) is 26.5. The first kappa shape index (κ1) is 27.8. The third kappa shape index (κ3) is 1.49. The summed E-state index contributed by atoms with van der Waals surface area (Å²) in [4.78, 5) is 5.98. The van der Waals surface area contributed by atoms with Gasteiger partial charge in [0, 0.05) is 25.7 Å². The molecule has 0 aromatic heterocycles. The topological polar surface area (TPSA) is 49.9 Å². The molecule has 72 heavy (non-hydrogen) atoms. The Morgan fingerprint density at radius 1 is 0.319 bits per heavy atom. The number of benzene rings is 18. The molecule has 2 unspecified atom stereocenters. The average Bonchev–Trinajstić information content (AvgIpc) is 4.32. The van der Waals surface area contributed by atoms with Crippen molar-refractivity contribution >= 4 is 301 Å². The first-order valence-corrected chi connectivity index (χ1v) is 28.5. The zero-order chi connectivity index (χ0) is 43.3. The summed E-state index contributed by atoms with van der Waals surface area (Å²) in [7, 11) is -3.69. The van der Waals surface area contributed by atoms with E-state index in [1.807, 2.05) is 0 Å². The number of hydrogen-bond acceptors (Lipinski definition) is 5. The lowest BCUT2D eigenvalue weighted by Crippen LogP contribution is -2.81. The SMILES string of the molecule is CS(=O)(=O)OC[C@@H]1CN2CCN1C13c4c5c6c7c8c9c(c%10c%11c1c1c4c4c%12c5c5c6c6c8c8c%13c9c9c%10c%10c%11c%11c1c1c4c4c%12c%12c5c5c6c8c6c8c%13c9c9c%10c%10c%11c1c1c4c4c%12c5c6c5c8c9c%10c1c45)C723. The van der Waals surface area contributed by atoms with Crippen LogP contribution in [0.2, 0.25) is 0 Å². The van der Waals surface area contributed by atoms with E-state index in [0.717, 1.165) is 19.6 Å². The second kappa shape index (κ2) is 6.25. The maximum atomic E-state index is 13.3. The lowest BCUT2D eigenvalue weighted by Gasteiger charge is -2.71. The van der Waals surface area contributed by atoms with Gasteiger partial charge in [0.25, 0.3) is 10.1 Å². The van der Waals surface area contributed by atoms with Crippen LogP contribution in [0.3, 0.4) is 0 Å². The van der Waals surface area contributed by atoms with Crippen molar-refractivity contribution in [2.45, 2.75) is 17.1 Å². The van der Waals surface area contributed by atoms with Gasteiger partial charge in [-0.3, -0.25) is 14.0 Å². The normalized spacial score (nSPS) is 26.4. The van der Waals surface area contributed by atoms with E-state index in [4.69, 9.17) is 4.18 Å². The minimum absolute atomic E-state index is 0.0942. The van der Waals surface area contributed by atoms with Gasteiger partial charge in [0.2, 0.25) is 0 Å². The molecule has 28 aromatic rings. The van der Waals surface area contributed by atoms with Gasteiger partial charge in [0.15, 0.2) is 0 Å². The second-order valence-corrected chi connectivity index (χ2v) is 28.1. The Balaban J connectivity index is 1.13. The van der Waals surface area contributed by atoms with Crippen molar-refractivity contribution < 1.29 is 12.6 Å². The zero-order valence-corrected chi connectivity index (χ0v) is 37.7. The van der Waals surface area contributed by atoms with E-state index in [0.29, 0.717) is 0 Å². The minimum Gasteiger partial charge on any atom is -0.285 e. The van der Waals surface area contributed by atoms with Gasteiger partial charge in [-0.15, -0.1) is 0 Å². The lowest BCUT2D eigenvalue weighted by molar-refractivity contribution is -0.164. The Labute approximate surface area is 393 Å². The van der Waals surface area contributed by atoms with Gasteiger partial charge in [-0.2, -0.15) is 8.42 Å². The van der Waals surface area contributed by atoms with E-state index in [1.54, 1.807) is 313 Å². The molecule has 35 rings (SSSR count). The largest absolute Gasteiger partial charge is 0.285 e. The van der Waals surface area contributed by atoms with Crippen molar-refractivity contribution in [3.8, 4) is 0 Å². The standard InChI is InChI=1S/C66H12N2O3S/c1-72(69,70)71-5-6-4-67-2-3-68(6)66-63-57-51-41-33-23-15-11-8-7-9-13(15)21-29(23)43(51)49-39-31(21)25-17(9)18-10(7)14-16-12(8)20-19(11)27(33)37-38-28(20)34-24(16)30-22(14)32-26(18)36-35(25)45(39)53-54-46(36)40(32)50-44(30)52-42(34)48(38)60(59(63)47(37)41)64(66)58(52)56(50)62(54)65(66,67)61(53)55(49)57/h6H,2-5H2,1H3/t6-,65?,66?/m0/s1. The summed E-state index contributed by atoms with van der Waals surface area (Å²) < 4.78 is 32.6. The third-order valence-electron chi connectivity index (χ3n) is 26.1. The molecule has 0 N–H and O–H groups in total. The highest BCUT2D eigenvalue weighted by Crippen LogP contribution is 2.86. The first-order chi connectivity index (χ1) is 35.5. The Morgan fingerprint density at radius 2 is 0.514 bits per heavy atom. The Bertz CT molecular complexity index is 7270. The van der Waals surface area contributed by atoms with Crippen LogP contribution in [0, 0.1) is 0 Å². The van der Waals surface area contributed by atoms with Crippen LogP contribution >= 0.6 is 0 Å². The van der Waals surface area contributed by atoms with Crippen LogP contribution in [0.1, 0.15) is 22.3 Å². The van der Waals surface area contributed by atoms with Gasteiger partial charge in [0.05, 0.1) is 12.9 Å². The van der Waals surface area contributed by atoms with E-state index in [1.165, 1.54) is 6.26 Å². The fraction of sp³-hybridized carbons (Fsp3) is 0.121. The van der Waals surface area contributed by atoms with Gasteiger partial charge in [-0.1, -0.05) is 0 Å². The van der Waals surface area contributed by atoms with Gasteiger partial charge in [-0.05, 0) is 313 Å². The van der Waals surface area contributed by atoms with E-state index in [-0.39, 0.29) is 12.6 Å². The minimum atomic E-state index is -3.69. The summed E-state index contributed by atoms with van der Waals surface area (Å²) in [6.45, 7) is 2.80. The molecule has 6 heteroatoms. The molecule has 5 nitrogen and oxygen atoms in total. The summed E-state index contributed by atoms with van der Waals surface area (Å²) in [5.74, 6) is 0. The van der Waals surface area contributed by atoms with Crippen LogP contribution in [0.4, 0.5) is 0 Å². The molecule has 3 heterocycles. The van der Waals surface area contributed by atoms with E-state index >= 15 is 0 Å². The van der Waals surface area contributed by atoms with Crippen LogP contribution in [0.5, 0.6) is 0 Å². The molecule has 3 atom stereocenters. The van der Waals surface area contributed by atoms with Crippen molar-refractivity contribution in [2.24, 2.45) is 0 Å². The van der Waals surface area contributed by atoms with Crippen LogP contribution < -0.4 is 0 Å². The molecule has 4 aliphatic carbocycles. The predicted molar refractivity (Wildman–Crippen MR) is 297 cm³/mol. The highest BCUT2D eigenvalue weighted by Gasteiger charge is 2.77. The summed E-state index contributed by atoms with van der Waals surface area (Å²) in [5.41, 5.74) is 5.44. The molecule has 2 bridgehead atoms. The van der Waals surface area contributed by atoms with Gasteiger partial charge >= 0.3 is 0 Å². The zero-order valence-electron chi connectivity index (χ0n) is 36.9. The number of rotatable bonds is 3. The monoisotopic (exact) mass is 912 g/mol. The van der Waals surface area contributed by atoms with Gasteiger partial charge in [-0.25, -0.2) is 0 Å². The molecule has 0 radical (unpaired) electrons. The van der Waals surface area contributed by atoms with Crippen molar-refractivity contribution in [3.63, 3.8) is 0 Å². The summed E-state index contributed by atoms with van der Waals surface area (Å²) in [6.07, 6.45) is 1.26. The highest BCUT2D eigenvalue weighted by molar-refractivity contribution is 7.86. The number of piperazine rings is 3. The molecular weight excluding hydrogens is 901 g/mol. The van der Waals surface area contributed by atoms with Crippen LogP contribution in [-0.4, -0.2) is 56.8 Å². The van der Waals surface area contributed by atoms with E-state index in [9.17, 15) is 8.42 Å². The molecule has 3 saturated heterocycles. The fourth-order valence-electron chi connectivity index (χ4n) is 26.2. The quantitative estimate of drug-likeness (QED) is 0.131. The molecule has 310 valence electrons. The maximum Gasteiger partial charge on any atom is 0.264 e. The van der Waals surface area contributed by atoms with Crippen molar-refractivity contribution in [3.05, 3.63) is 22.3 Å². The smallest absolute Gasteiger partial charge is 0.264 e. The first-order valence-electron chi connectivity index (χ1n) is 26.7. The van der Waals surface area contributed by atoms with Crippen molar-refractivity contribution in [1.29, 1.82) is 0 Å². The number of hydrogen-bond donors (Lipinski definition) is 0. The Morgan fingerprint density at radius 3 is 0.722 bits per heavy atom. The number of nitrogens with zero attached hydrogens (tertiary/aromatic N) is 2. The predicted octanol–water partition coefficient (Wildman–Crippen LogP) is 15.2. The molecule has 28 aromatic carbocycles. The van der Waals surface area contributed by atoms with E-state index in [2.05, 4.69) is 9.80 Å². The van der Waals surface area contributed by atoms with E-state index < -0.39 is 21.2 Å². The molecule has 0 saturated carbocycles. The third-order valence-corrected chi connectivity index (χ3v) is 26.6. The summed E-state index contributed by atoms with van der Waals surface area (Å²) in [6, 6.07) is -0.0942. The maximum absolute atomic E-state index is 13.3. The lowest BCUT2D eigenvalue weighted by atomic mass is 9.53. The van der Waals surface area contributed by atoms with Crippen LogP contribution in [0.15, 0.2) is 0 Å². The van der Waals surface area contributed by atoms with Crippen LogP contribution in [0.25, 0.3) is 291 Å². The molecule has 3 aliphatic heterocycles. The molecule has 2 spiro atoms. The van der Waals surface area contributed by atoms with Crippen LogP contribution in [-0.2, 0) is 25.4 Å². The Kier molecular flexibility index (Phi) is 2.41. The van der Waals surface area contributed by atoms with Gasteiger partial charge in [0.1, 0.15) is 11.1 Å². The summed E-state index contributed by atoms with van der Waals surface area (Å²) in [5, 5.41) is 86.6. The fourth-order valence-corrected chi connectivity index (χ4v) is 26.6. The summed E-state index contributed by atoms with van der Waals surface area (Å²) >= 11 is 0. The molecule has 0 amide bonds. The molecular formula is C66H12N2O3S. The number of fused-ring (bicyclic) bond motifs is 2.